The lowest BCUT2D eigenvalue weighted by Crippen LogP contribution is -2.42. The Labute approximate surface area is 82.0 Å². The SMILES string of the molecule is CCC(C(=O)O)N1CC(OC)=CC1=O. The van der Waals surface area contributed by atoms with E-state index in [2.05, 4.69) is 0 Å². The van der Waals surface area contributed by atoms with Crippen LogP contribution in [0.4, 0.5) is 0 Å². The van der Waals surface area contributed by atoms with Crippen LogP contribution < -0.4 is 0 Å². The van der Waals surface area contributed by atoms with Crippen molar-refractivity contribution in [1.29, 1.82) is 0 Å². The van der Waals surface area contributed by atoms with E-state index >= 15 is 0 Å². The number of hydrogen-bond donors (Lipinski definition) is 1. The second-order valence-electron chi connectivity index (χ2n) is 3.04. The lowest BCUT2D eigenvalue weighted by molar-refractivity contribution is -0.147. The fraction of sp³-hybridized carbons (Fsp3) is 0.556. The first-order chi connectivity index (χ1) is 6.60. The van der Waals surface area contributed by atoms with Gasteiger partial charge in [-0.05, 0) is 6.42 Å². The zero-order valence-corrected chi connectivity index (χ0v) is 8.19. The predicted octanol–water partition coefficient (Wildman–Crippen LogP) is 0.222. The fourth-order valence-corrected chi connectivity index (χ4v) is 1.43. The van der Waals surface area contributed by atoms with Gasteiger partial charge in [-0.3, -0.25) is 4.79 Å². The normalized spacial score (nSPS) is 18.0. The Morgan fingerprint density at radius 1 is 1.79 bits per heavy atom. The van der Waals surface area contributed by atoms with Crippen LogP contribution >= 0.6 is 0 Å². The summed E-state index contributed by atoms with van der Waals surface area (Å²) < 4.78 is 4.89. The van der Waals surface area contributed by atoms with Gasteiger partial charge in [-0.1, -0.05) is 6.92 Å². The topological polar surface area (TPSA) is 66.8 Å². The molecule has 1 amide bonds. The average molecular weight is 199 g/mol. The largest absolute Gasteiger partial charge is 0.499 e. The van der Waals surface area contributed by atoms with Gasteiger partial charge in [-0.2, -0.15) is 0 Å². The minimum absolute atomic E-state index is 0.250. The number of hydrogen-bond acceptors (Lipinski definition) is 3. The van der Waals surface area contributed by atoms with Gasteiger partial charge in [0.2, 0.25) is 0 Å². The first kappa shape index (κ1) is 10.6. The molecule has 1 rings (SSSR count). The van der Waals surface area contributed by atoms with Gasteiger partial charge in [0, 0.05) is 6.08 Å². The van der Waals surface area contributed by atoms with Crippen LogP contribution in [0.25, 0.3) is 0 Å². The molecule has 5 nitrogen and oxygen atoms in total. The molecule has 1 unspecified atom stereocenters. The third kappa shape index (κ3) is 1.86. The molecule has 0 bridgehead atoms. The third-order valence-corrected chi connectivity index (χ3v) is 2.20. The van der Waals surface area contributed by atoms with E-state index in [0.717, 1.165) is 0 Å². The molecule has 1 atom stereocenters. The summed E-state index contributed by atoms with van der Waals surface area (Å²) in [4.78, 5) is 23.4. The molecule has 1 aliphatic heterocycles. The summed E-state index contributed by atoms with van der Waals surface area (Å²) in [7, 11) is 1.46. The van der Waals surface area contributed by atoms with Crippen LogP contribution in [-0.2, 0) is 14.3 Å². The fourth-order valence-electron chi connectivity index (χ4n) is 1.43. The maximum atomic E-state index is 11.4. The van der Waals surface area contributed by atoms with Crippen molar-refractivity contribution in [3.8, 4) is 0 Å². The molecule has 0 spiro atoms. The molecule has 1 N–H and O–H groups in total. The molecule has 0 aromatic rings. The van der Waals surface area contributed by atoms with Gasteiger partial charge >= 0.3 is 5.97 Å². The monoisotopic (exact) mass is 199 g/mol. The summed E-state index contributed by atoms with van der Waals surface area (Å²) >= 11 is 0. The smallest absolute Gasteiger partial charge is 0.326 e. The minimum Gasteiger partial charge on any atom is -0.499 e. The van der Waals surface area contributed by atoms with Crippen molar-refractivity contribution in [2.45, 2.75) is 19.4 Å². The quantitative estimate of drug-likeness (QED) is 0.703. The Morgan fingerprint density at radius 3 is 2.79 bits per heavy atom. The maximum absolute atomic E-state index is 11.4. The van der Waals surface area contributed by atoms with Crippen molar-refractivity contribution in [3.05, 3.63) is 11.8 Å². The molecule has 0 aliphatic carbocycles. The standard InChI is InChI=1S/C9H13NO4/c1-3-7(9(12)13)10-5-6(14-2)4-8(10)11/h4,7H,3,5H2,1-2H3,(H,12,13). The highest BCUT2D eigenvalue weighted by molar-refractivity contribution is 5.94. The number of carboxylic acid groups (broad SMARTS) is 1. The van der Waals surface area contributed by atoms with Crippen LogP contribution in [-0.4, -0.2) is 41.6 Å². The predicted molar refractivity (Wildman–Crippen MR) is 48.5 cm³/mol. The van der Waals surface area contributed by atoms with E-state index < -0.39 is 12.0 Å². The summed E-state index contributed by atoms with van der Waals surface area (Å²) in [5.74, 6) is -0.766. The van der Waals surface area contributed by atoms with E-state index in [0.29, 0.717) is 12.2 Å². The van der Waals surface area contributed by atoms with E-state index in [-0.39, 0.29) is 12.5 Å². The number of carboxylic acids is 1. The number of ether oxygens (including phenoxy) is 1. The second kappa shape index (κ2) is 4.13. The second-order valence-corrected chi connectivity index (χ2v) is 3.04. The zero-order chi connectivity index (χ0) is 10.7. The highest BCUT2D eigenvalue weighted by atomic mass is 16.5. The third-order valence-electron chi connectivity index (χ3n) is 2.20. The molecular formula is C9H13NO4. The van der Waals surface area contributed by atoms with Crippen LogP contribution in [0.15, 0.2) is 11.8 Å². The van der Waals surface area contributed by atoms with Gasteiger partial charge < -0.3 is 14.7 Å². The molecule has 0 saturated carbocycles. The Balaban J connectivity index is 2.73. The van der Waals surface area contributed by atoms with Crippen molar-refractivity contribution in [1.82, 2.24) is 4.90 Å². The van der Waals surface area contributed by atoms with E-state index in [1.54, 1.807) is 6.92 Å². The van der Waals surface area contributed by atoms with Gasteiger partial charge in [0.25, 0.3) is 5.91 Å². The van der Waals surface area contributed by atoms with Crippen molar-refractivity contribution in [3.63, 3.8) is 0 Å². The number of carbonyl (C=O) groups is 2. The van der Waals surface area contributed by atoms with E-state index in [4.69, 9.17) is 9.84 Å². The van der Waals surface area contributed by atoms with E-state index in [1.807, 2.05) is 0 Å². The first-order valence-electron chi connectivity index (χ1n) is 4.38. The Hall–Kier alpha value is -1.52. The number of carbonyl (C=O) groups excluding carboxylic acids is 1. The van der Waals surface area contributed by atoms with Crippen molar-refractivity contribution in [2.75, 3.05) is 13.7 Å². The van der Waals surface area contributed by atoms with Gasteiger partial charge in [0.1, 0.15) is 11.8 Å². The molecule has 1 heterocycles. The van der Waals surface area contributed by atoms with Crippen molar-refractivity contribution in [2.24, 2.45) is 0 Å². The Morgan fingerprint density at radius 2 is 2.43 bits per heavy atom. The summed E-state index contributed by atoms with van der Waals surface area (Å²) in [6, 6.07) is -0.758. The molecule has 5 heteroatoms. The van der Waals surface area contributed by atoms with Gasteiger partial charge in [-0.15, -0.1) is 0 Å². The molecular weight excluding hydrogens is 186 g/mol. The van der Waals surface area contributed by atoms with E-state index in [1.165, 1.54) is 18.1 Å². The molecule has 0 aromatic heterocycles. The number of aliphatic carboxylic acids is 1. The number of amides is 1. The summed E-state index contributed by atoms with van der Waals surface area (Å²) in [5, 5.41) is 8.85. The molecule has 0 fully saturated rings. The molecule has 0 aromatic carbocycles. The van der Waals surface area contributed by atoms with Crippen LogP contribution in [0.5, 0.6) is 0 Å². The molecule has 14 heavy (non-hydrogen) atoms. The van der Waals surface area contributed by atoms with Crippen LogP contribution in [0.3, 0.4) is 0 Å². The number of methoxy groups -OCH3 is 1. The Bertz CT molecular complexity index is 285. The maximum Gasteiger partial charge on any atom is 0.326 e. The van der Waals surface area contributed by atoms with E-state index in [9.17, 15) is 9.59 Å². The van der Waals surface area contributed by atoms with Gasteiger partial charge in [-0.25, -0.2) is 4.79 Å². The molecule has 78 valence electrons. The first-order valence-corrected chi connectivity index (χ1v) is 4.38. The number of nitrogens with zero attached hydrogens (tertiary/aromatic N) is 1. The minimum atomic E-state index is -0.980. The van der Waals surface area contributed by atoms with Crippen molar-refractivity contribution >= 4 is 11.9 Å². The zero-order valence-electron chi connectivity index (χ0n) is 8.19. The van der Waals surface area contributed by atoms with Crippen molar-refractivity contribution < 1.29 is 19.4 Å². The van der Waals surface area contributed by atoms with Crippen LogP contribution in [0, 0.1) is 0 Å². The van der Waals surface area contributed by atoms with Gasteiger partial charge in [0.05, 0.1) is 13.7 Å². The highest BCUT2D eigenvalue weighted by Crippen LogP contribution is 2.16. The molecule has 1 aliphatic rings. The van der Waals surface area contributed by atoms with Crippen LogP contribution in [0.2, 0.25) is 0 Å². The summed E-state index contributed by atoms with van der Waals surface area (Å²) in [6.45, 7) is 1.98. The summed E-state index contributed by atoms with van der Waals surface area (Å²) in [5.41, 5.74) is 0. The number of rotatable bonds is 4. The lowest BCUT2D eigenvalue weighted by Gasteiger charge is -2.22. The lowest BCUT2D eigenvalue weighted by atomic mass is 10.2. The molecule has 0 radical (unpaired) electrons. The molecule has 0 saturated heterocycles. The highest BCUT2D eigenvalue weighted by Gasteiger charge is 2.32. The summed E-state index contributed by atoms with van der Waals surface area (Å²) in [6.07, 6.45) is 1.72. The average Bonchev–Trinajstić information content (AvgIpc) is 2.48. The Kier molecular flexibility index (Phi) is 3.11. The van der Waals surface area contributed by atoms with Crippen LogP contribution in [0.1, 0.15) is 13.3 Å². The van der Waals surface area contributed by atoms with Gasteiger partial charge in [0.15, 0.2) is 0 Å².